The van der Waals surface area contributed by atoms with Crippen LogP contribution >= 0.6 is 15.9 Å². The van der Waals surface area contributed by atoms with Crippen LogP contribution in [0.4, 0.5) is 0 Å². The minimum Gasteiger partial charge on any atom is -0.389 e. The molecule has 5 heteroatoms. The third kappa shape index (κ3) is 5.57. The second-order valence-corrected chi connectivity index (χ2v) is 4.49. The molecule has 0 rings (SSSR count). The lowest BCUT2D eigenvalue weighted by molar-refractivity contribution is -0.121. The van der Waals surface area contributed by atoms with Crippen LogP contribution in [0.15, 0.2) is 0 Å². The summed E-state index contributed by atoms with van der Waals surface area (Å²) >= 11 is 3.27. The van der Waals surface area contributed by atoms with Crippen molar-refractivity contribution >= 4 is 21.8 Å². The van der Waals surface area contributed by atoms with E-state index in [1.165, 1.54) is 7.11 Å². The number of aliphatic hydroxyl groups is 1. The smallest absolute Gasteiger partial charge is 0.234 e. The largest absolute Gasteiger partial charge is 0.389 e. The molecule has 0 aliphatic heterocycles. The topological polar surface area (TPSA) is 58.6 Å². The predicted octanol–water partition coefficient (Wildman–Crippen LogP) is 0.529. The van der Waals surface area contributed by atoms with Gasteiger partial charge in [-0.3, -0.25) is 4.79 Å². The molecule has 84 valence electrons. The third-order valence-electron chi connectivity index (χ3n) is 1.71. The van der Waals surface area contributed by atoms with Crippen LogP contribution in [0.3, 0.4) is 0 Å². The van der Waals surface area contributed by atoms with E-state index < -0.39 is 6.10 Å². The Kier molecular flexibility index (Phi) is 7.13. The van der Waals surface area contributed by atoms with E-state index in [1.807, 2.05) is 13.8 Å². The highest BCUT2D eigenvalue weighted by Crippen LogP contribution is 2.11. The number of nitrogens with one attached hydrogen (secondary N) is 1. The van der Waals surface area contributed by atoms with E-state index in [0.29, 0.717) is 0 Å². The fraction of sp³-hybridized carbons (Fsp3) is 0.889. The first kappa shape index (κ1) is 13.9. The molecule has 0 saturated carbocycles. The fourth-order valence-corrected chi connectivity index (χ4v) is 1.03. The molecule has 2 atom stereocenters. The van der Waals surface area contributed by atoms with Crippen LogP contribution in [0, 0.1) is 5.92 Å². The van der Waals surface area contributed by atoms with Gasteiger partial charge < -0.3 is 15.2 Å². The SMILES string of the molecule is COCC(O)CNC(=O)C(Br)C(C)C. The van der Waals surface area contributed by atoms with Gasteiger partial charge in [-0.05, 0) is 5.92 Å². The van der Waals surface area contributed by atoms with Gasteiger partial charge in [-0.2, -0.15) is 0 Å². The number of halogens is 1. The number of carbonyl (C=O) groups excluding carboxylic acids is 1. The van der Waals surface area contributed by atoms with Gasteiger partial charge in [0.2, 0.25) is 5.91 Å². The Hall–Kier alpha value is -0.130. The summed E-state index contributed by atoms with van der Waals surface area (Å²) in [6.07, 6.45) is -0.643. The summed E-state index contributed by atoms with van der Waals surface area (Å²) in [4.78, 5) is 11.2. The van der Waals surface area contributed by atoms with E-state index in [-0.39, 0.29) is 29.8 Å². The van der Waals surface area contributed by atoms with Crippen LogP contribution in [0.25, 0.3) is 0 Å². The van der Waals surface area contributed by atoms with Crippen LogP contribution < -0.4 is 5.32 Å². The third-order valence-corrected chi connectivity index (χ3v) is 3.18. The van der Waals surface area contributed by atoms with Crippen molar-refractivity contribution in [3.63, 3.8) is 0 Å². The summed E-state index contributed by atoms with van der Waals surface area (Å²) in [6, 6.07) is 0. The molecule has 2 N–H and O–H groups in total. The molecule has 14 heavy (non-hydrogen) atoms. The summed E-state index contributed by atoms with van der Waals surface area (Å²) in [5.74, 6) is 0.129. The van der Waals surface area contributed by atoms with Gasteiger partial charge in [0, 0.05) is 13.7 Å². The zero-order chi connectivity index (χ0) is 11.1. The van der Waals surface area contributed by atoms with Crippen molar-refractivity contribution in [3.05, 3.63) is 0 Å². The van der Waals surface area contributed by atoms with Crippen LogP contribution in [-0.2, 0) is 9.53 Å². The molecule has 0 radical (unpaired) electrons. The number of alkyl halides is 1. The van der Waals surface area contributed by atoms with E-state index in [9.17, 15) is 9.90 Å². The minimum absolute atomic E-state index is 0.102. The highest BCUT2D eigenvalue weighted by atomic mass is 79.9. The standard InChI is InChI=1S/C9H18BrNO3/c1-6(2)8(10)9(13)11-4-7(12)5-14-3/h6-8,12H,4-5H2,1-3H3,(H,11,13). The predicted molar refractivity (Wildman–Crippen MR) is 58.4 cm³/mol. The minimum atomic E-state index is -0.643. The molecule has 0 spiro atoms. The maximum absolute atomic E-state index is 11.4. The molecule has 0 heterocycles. The summed E-state index contributed by atoms with van der Waals surface area (Å²) in [5, 5.41) is 11.9. The van der Waals surface area contributed by atoms with Crippen molar-refractivity contribution in [2.24, 2.45) is 5.92 Å². The molecule has 2 unspecified atom stereocenters. The number of hydrogen-bond acceptors (Lipinski definition) is 3. The first-order chi connectivity index (χ1) is 6.49. The second-order valence-electron chi connectivity index (χ2n) is 3.50. The average molecular weight is 268 g/mol. The van der Waals surface area contributed by atoms with E-state index in [2.05, 4.69) is 21.2 Å². The van der Waals surface area contributed by atoms with Crippen molar-refractivity contribution in [1.82, 2.24) is 5.32 Å². The molecule has 0 aromatic carbocycles. The van der Waals surface area contributed by atoms with Crippen molar-refractivity contribution in [1.29, 1.82) is 0 Å². The molecular weight excluding hydrogens is 250 g/mol. The fourth-order valence-electron chi connectivity index (χ4n) is 0.870. The lowest BCUT2D eigenvalue weighted by Crippen LogP contribution is -2.39. The Morgan fingerprint density at radius 1 is 1.57 bits per heavy atom. The normalized spacial score (nSPS) is 15.3. The number of amides is 1. The molecular formula is C9H18BrNO3. The average Bonchev–Trinajstić information content (AvgIpc) is 2.13. The Balaban J connectivity index is 3.73. The number of rotatable bonds is 6. The van der Waals surface area contributed by atoms with Gasteiger partial charge >= 0.3 is 0 Å². The maximum atomic E-state index is 11.4. The van der Waals surface area contributed by atoms with Gasteiger partial charge in [0.15, 0.2) is 0 Å². The molecule has 0 fully saturated rings. The van der Waals surface area contributed by atoms with Gasteiger partial charge in [-0.1, -0.05) is 29.8 Å². The van der Waals surface area contributed by atoms with Crippen molar-refractivity contribution in [2.75, 3.05) is 20.3 Å². The number of aliphatic hydroxyl groups excluding tert-OH is 1. The van der Waals surface area contributed by atoms with Crippen molar-refractivity contribution < 1.29 is 14.6 Å². The zero-order valence-corrected chi connectivity index (χ0v) is 10.4. The molecule has 0 aromatic heterocycles. The highest BCUT2D eigenvalue weighted by Gasteiger charge is 2.18. The number of ether oxygens (including phenoxy) is 1. The molecule has 4 nitrogen and oxygen atoms in total. The molecule has 0 aliphatic rings. The number of carbonyl (C=O) groups is 1. The van der Waals surface area contributed by atoms with Crippen LogP contribution in [-0.4, -0.2) is 42.2 Å². The Bertz CT molecular complexity index is 175. The second kappa shape index (κ2) is 7.20. The van der Waals surface area contributed by atoms with Gasteiger partial charge in [0.1, 0.15) is 0 Å². The quantitative estimate of drug-likeness (QED) is 0.691. The number of methoxy groups -OCH3 is 1. The van der Waals surface area contributed by atoms with E-state index in [0.717, 1.165) is 0 Å². The molecule has 0 bridgehead atoms. The van der Waals surface area contributed by atoms with E-state index in [1.54, 1.807) is 0 Å². The Morgan fingerprint density at radius 2 is 2.14 bits per heavy atom. The van der Waals surface area contributed by atoms with E-state index >= 15 is 0 Å². The Morgan fingerprint density at radius 3 is 2.57 bits per heavy atom. The maximum Gasteiger partial charge on any atom is 0.234 e. The van der Waals surface area contributed by atoms with Crippen LogP contribution in [0.5, 0.6) is 0 Å². The molecule has 0 saturated heterocycles. The van der Waals surface area contributed by atoms with E-state index in [4.69, 9.17) is 4.74 Å². The van der Waals surface area contributed by atoms with Crippen molar-refractivity contribution in [3.8, 4) is 0 Å². The molecule has 1 amide bonds. The number of hydrogen-bond donors (Lipinski definition) is 2. The summed E-state index contributed by atoms with van der Waals surface area (Å²) in [6.45, 7) is 4.35. The molecule has 0 aromatic rings. The van der Waals surface area contributed by atoms with Gasteiger partial charge in [-0.25, -0.2) is 0 Å². The van der Waals surface area contributed by atoms with Gasteiger partial charge in [0.05, 0.1) is 17.5 Å². The summed E-state index contributed by atoms with van der Waals surface area (Å²) < 4.78 is 4.73. The lowest BCUT2D eigenvalue weighted by Gasteiger charge is -2.15. The zero-order valence-electron chi connectivity index (χ0n) is 8.79. The lowest BCUT2D eigenvalue weighted by atomic mass is 10.1. The first-order valence-corrected chi connectivity index (χ1v) is 5.49. The van der Waals surface area contributed by atoms with Gasteiger partial charge in [0.25, 0.3) is 0 Å². The summed E-state index contributed by atoms with van der Waals surface area (Å²) in [5.41, 5.74) is 0. The van der Waals surface area contributed by atoms with Gasteiger partial charge in [-0.15, -0.1) is 0 Å². The van der Waals surface area contributed by atoms with Crippen molar-refractivity contribution in [2.45, 2.75) is 24.8 Å². The van der Waals surface area contributed by atoms with Crippen LogP contribution in [0.1, 0.15) is 13.8 Å². The molecule has 0 aliphatic carbocycles. The highest BCUT2D eigenvalue weighted by molar-refractivity contribution is 9.10. The van der Waals surface area contributed by atoms with Crippen LogP contribution in [0.2, 0.25) is 0 Å². The summed E-state index contributed by atoms with van der Waals surface area (Å²) in [7, 11) is 1.51. The monoisotopic (exact) mass is 267 g/mol. The first-order valence-electron chi connectivity index (χ1n) is 4.57. The Labute approximate surface area is 93.1 Å².